The average Bonchev–Trinajstić information content (AvgIpc) is 2.60. The number of allylic oxidation sites excluding steroid dienone is 1. The van der Waals surface area contributed by atoms with E-state index in [1.165, 1.54) is 18.4 Å². The van der Waals surface area contributed by atoms with Gasteiger partial charge in [-0.15, -0.1) is 0 Å². The van der Waals surface area contributed by atoms with Crippen molar-refractivity contribution in [2.45, 2.75) is 51.0 Å². The number of carbonyl (C=O) groups is 2. The summed E-state index contributed by atoms with van der Waals surface area (Å²) in [6.45, 7) is 0.572. The first kappa shape index (κ1) is 18.0. The third-order valence-electron chi connectivity index (χ3n) is 4.23. The number of benzene rings is 1. The van der Waals surface area contributed by atoms with Crippen LogP contribution in [0.1, 0.15) is 44.1 Å². The molecule has 0 saturated heterocycles. The lowest BCUT2D eigenvalue weighted by atomic mass is 10.00. The molecule has 130 valence electrons. The zero-order valence-corrected chi connectivity index (χ0v) is 14.0. The van der Waals surface area contributed by atoms with E-state index in [4.69, 9.17) is 5.11 Å². The zero-order chi connectivity index (χ0) is 17.2. The number of carbonyl (C=O) groups excluding carboxylic acids is 1. The lowest BCUT2D eigenvalue weighted by Gasteiger charge is -2.20. The van der Waals surface area contributed by atoms with E-state index in [0.717, 1.165) is 18.4 Å². The van der Waals surface area contributed by atoms with E-state index in [1.807, 2.05) is 30.3 Å². The van der Waals surface area contributed by atoms with Crippen molar-refractivity contribution in [3.05, 3.63) is 47.5 Å². The van der Waals surface area contributed by atoms with Crippen LogP contribution in [0, 0.1) is 0 Å². The van der Waals surface area contributed by atoms with Crippen molar-refractivity contribution < 1.29 is 14.7 Å². The molecule has 0 radical (unpaired) electrons. The Morgan fingerprint density at radius 3 is 2.62 bits per heavy atom. The summed E-state index contributed by atoms with van der Waals surface area (Å²) in [5.74, 6) is -0.845. The Balaban J connectivity index is 1.84. The van der Waals surface area contributed by atoms with Gasteiger partial charge in [-0.2, -0.15) is 0 Å². The molecule has 5 heteroatoms. The summed E-state index contributed by atoms with van der Waals surface area (Å²) >= 11 is 0. The van der Waals surface area contributed by atoms with Crippen LogP contribution in [0.25, 0.3) is 0 Å². The van der Waals surface area contributed by atoms with Crippen LogP contribution in [0.2, 0.25) is 0 Å². The van der Waals surface area contributed by atoms with Gasteiger partial charge in [0.25, 0.3) is 0 Å². The molecule has 1 aromatic carbocycles. The SMILES string of the molecule is O=C(O)CCC(Cc1ccccc1)NC(=O)NCC1=CCCCC1. The van der Waals surface area contributed by atoms with E-state index in [9.17, 15) is 9.59 Å². The Morgan fingerprint density at radius 1 is 1.17 bits per heavy atom. The minimum Gasteiger partial charge on any atom is -0.481 e. The molecule has 0 bridgehead atoms. The van der Waals surface area contributed by atoms with Gasteiger partial charge in [0.15, 0.2) is 0 Å². The first-order valence-electron chi connectivity index (χ1n) is 8.61. The third-order valence-corrected chi connectivity index (χ3v) is 4.23. The van der Waals surface area contributed by atoms with Crippen LogP contribution < -0.4 is 10.6 Å². The summed E-state index contributed by atoms with van der Waals surface area (Å²) in [7, 11) is 0. The predicted molar refractivity (Wildman–Crippen MR) is 93.9 cm³/mol. The fourth-order valence-corrected chi connectivity index (χ4v) is 2.92. The second-order valence-corrected chi connectivity index (χ2v) is 6.25. The first-order chi connectivity index (χ1) is 11.6. The average molecular weight is 330 g/mol. The van der Waals surface area contributed by atoms with Crippen LogP contribution >= 0.6 is 0 Å². The van der Waals surface area contributed by atoms with Gasteiger partial charge >= 0.3 is 12.0 Å². The molecule has 3 N–H and O–H groups in total. The Kier molecular flexibility index (Phi) is 7.33. The highest BCUT2D eigenvalue weighted by Crippen LogP contribution is 2.16. The van der Waals surface area contributed by atoms with Crippen molar-refractivity contribution >= 4 is 12.0 Å². The fourth-order valence-electron chi connectivity index (χ4n) is 2.92. The maximum absolute atomic E-state index is 12.1. The predicted octanol–water partition coefficient (Wildman–Crippen LogP) is 3.26. The Bertz CT molecular complexity index is 569. The molecule has 1 unspecified atom stereocenters. The normalized spacial score (nSPS) is 15.2. The van der Waals surface area contributed by atoms with Gasteiger partial charge in [0.2, 0.25) is 0 Å². The third kappa shape index (κ3) is 6.86. The van der Waals surface area contributed by atoms with Crippen molar-refractivity contribution in [2.24, 2.45) is 0 Å². The number of aliphatic carboxylic acids is 1. The number of carboxylic acid groups (broad SMARTS) is 1. The van der Waals surface area contributed by atoms with Gasteiger partial charge in [-0.05, 0) is 44.1 Å². The highest BCUT2D eigenvalue weighted by molar-refractivity contribution is 5.74. The molecule has 2 amide bonds. The molecule has 1 aromatic rings. The van der Waals surface area contributed by atoms with Crippen LogP contribution in [-0.2, 0) is 11.2 Å². The Labute approximate surface area is 143 Å². The van der Waals surface area contributed by atoms with E-state index in [0.29, 0.717) is 19.4 Å². The zero-order valence-electron chi connectivity index (χ0n) is 14.0. The molecule has 0 spiro atoms. The summed E-state index contributed by atoms with van der Waals surface area (Å²) in [5.41, 5.74) is 2.37. The smallest absolute Gasteiger partial charge is 0.315 e. The number of nitrogens with one attached hydrogen (secondary N) is 2. The number of amides is 2. The highest BCUT2D eigenvalue weighted by Gasteiger charge is 2.15. The highest BCUT2D eigenvalue weighted by atomic mass is 16.4. The molecule has 1 atom stereocenters. The molecule has 2 rings (SSSR count). The van der Waals surface area contributed by atoms with Crippen LogP contribution in [0.3, 0.4) is 0 Å². The van der Waals surface area contributed by atoms with Gasteiger partial charge in [-0.1, -0.05) is 42.0 Å². The van der Waals surface area contributed by atoms with Crippen molar-refractivity contribution in [3.63, 3.8) is 0 Å². The van der Waals surface area contributed by atoms with E-state index in [1.54, 1.807) is 0 Å². The van der Waals surface area contributed by atoms with Gasteiger partial charge in [0, 0.05) is 19.0 Å². The molecular weight excluding hydrogens is 304 g/mol. The molecule has 24 heavy (non-hydrogen) atoms. The largest absolute Gasteiger partial charge is 0.481 e. The monoisotopic (exact) mass is 330 g/mol. The standard InChI is InChI=1S/C19H26N2O3/c22-18(23)12-11-17(13-15-7-3-1-4-8-15)21-19(24)20-14-16-9-5-2-6-10-16/h1,3-4,7-9,17H,2,5-6,10-14H2,(H,22,23)(H2,20,21,24). The van der Waals surface area contributed by atoms with E-state index < -0.39 is 5.97 Å². The summed E-state index contributed by atoms with van der Waals surface area (Å²) in [4.78, 5) is 23.0. The fraction of sp³-hybridized carbons (Fsp3) is 0.474. The summed E-state index contributed by atoms with van der Waals surface area (Å²) in [5, 5.41) is 14.7. The summed E-state index contributed by atoms with van der Waals surface area (Å²) in [6.07, 6.45) is 7.85. The van der Waals surface area contributed by atoms with Crippen LogP contribution in [-0.4, -0.2) is 29.7 Å². The van der Waals surface area contributed by atoms with E-state index >= 15 is 0 Å². The van der Waals surface area contributed by atoms with Gasteiger partial charge in [-0.3, -0.25) is 4.79 Å². The number of hydrogen-bond donors (Lipinski definition) is 3. The van der Waals surface area contributed by atoms with Crippen LogP contribution in [0.5, 0.6) is 0 Å². The minimum absolute atomic E-state index is 0.0446. The number of urea groups is 1. The molecule has 5 nitrogen and oxygen atoms in total. The lowest BCUT2D eigenvalue weighted by Crippen LogP contribution is -2.44. The number of rotatable bonds is 8. The maximum Gasteiger partial charge on any atom is 0.315 e. The number of carboxylic acids is 1. The van der Waals surface area contributed by atoms with Crippen molar-refractivity contribution in [1.82, 2.24) is 10.6 Å². The molecule has 0 heterocycles. The van der Waals surface area contributed by atoms with Gasteiger partial charge in [0.05, 0.1) is 0 Å². The van der Waals surface area contributed by atoms with Gasteiger partial charge in [-0.25, -0.2) is 4.79 Å². The van der Waals surface area contributed by atoms with Crippen molar-refractivity contribution in [1.29, 1.82) is 0 Å². The number of hydrogen-bond acceptors (Lipinski definition) is 2. The minimum atomic E-state index is -0.845. The van der Waals surface area contributed by atoms with E-state index in [-0.39, 0.29) is 18.5 Å². The first-order valence-corrected chi connectivity index (χ1v) is 8.61. The van der Waals surface area contributed by atoms with Crippen molar-refractivity contribution in [2.75, 3.05) is 6.54 Å². The molecule has 0 saturated carbocycles. The van der Waals surface area contributed by atoms with Gasteiger partial charge in [0.1, 0.15) is 0 Å². The topological polar surface area (TPSA) is 78.4 Å². The maximum atomic E-state index is 12.1. The Morgan fingerprint density at radius 2 is 1.96 bits per heavy atom. The van der Waals surface area contributed by atoms with Gasteiger partial charge < -0.3 is 15.7 Å². The van der Waals surface area contributed by atoms with Crippen LogP contribution in [0.4, 0.5) is 4.79 Å². The second kappa shape index (κ2) is 9.75. The Hall–Kier alpha value is -2.30. The molecule has 0 aliphatic heterocycles. The quantitative estimate of drug-likeness (QED) is 0.640. The van der Waals surface area contributed by atoms with Crippen molar-refractivity contribution in [3.8, 4) is 0 Å². The summed E-state index contributed by atoms with van der Waals surface area (Å²) in [6, 6.07) is 9.38. The second-order valence-electron chi connectivity index (χ2n) is 6.25. The molecular formula is C19H26N2O3. The molecule has 1 aliphatic rings. The molecule has 1 aliphatic carbocycles. The molecule has 0 fully saturated rings. The van der Waals surface area contributed by atoms with E-state index in [2.05, 4.69) is 16.7 Å². The van der Waals surface area contributed by atoms with Crippen LogP contribution in [0.15, 0.2) is 42.0 Å². The summed E-state index contributed by atoms with van der Waals surface area (Å²) < 4.78 is 0. The lowest BCUT2D eigenvalue weighted by molar-refractivity contribution is -0.137. The molecule has 0 aromatic heterocycles.